The van der Waals surface area contributed by atoms with Crippen LogP contribution in [0.5, 0.6) is 0 Å². The lowest BCUT2D eigenvalue weighted by Crippen LogP contribution is -2.14. The Bertz CT molecular complexity index is 570. The summed E-state index contributed by atoms with van der Waals surface area (Å²) in [5.41, 5.74) is 0.551. The molecule has 16 heavy (non-hydrogen) atoms. The molecule has 0 aliphatic heterocycles. The Morgan fingerprint density at radius 3 is 2.75 bits per heavy atom. The topological polar surface area (TPSA) is 79.5 Å². The van der Waals surface area contributed by atoms with Gasteiger partial charge in [0.05, 0.1) is 0 Å². The van der Waals surface area contributed by atoms with Gasteiger partial charge < -0.3 is 14.8 Å². The second kappa shape index (κ2) is 3.69. The number of carbonyl (C=O) groups is 2. The van der Waals surface area contributed by atoms with Crippen molar-refractivity contribution in [2.75, 3.05) is 0 Å². The standard InChI is InChI=1S/C11H8NO4/c13-10(14)6-12-8-4-2-1-3-7(8)5-9(12)11(15)16/h2-5H,6H2,(H,13,14)(H,15,16). The van der Waals surface area contributed by atoms with E-state index in [4.69, 9.17) is 10.2 Å². The minimum Gasteiger partial charge on any atom is -0.480 e. The van der Waals surface area contributed by atoms with Crippen molar-refractivity contribution in [3.63, 3.8) is 0 Å². The van der Waals surface area contributed by atoms with Crippen LogP contribution in [0.25, 0.3) is 10.9 Å². The second-order valence-electron chi connectivity index (χ2n) is 3.30. The van der Waals surface area contributed by atoms with Gasteiger partial charge in [-0.2, -0.15) is 0 Å². The highest BCUT2D eigenvalue weighted by atomic mass is 16.4. The maximum Gasteiger partial charge on any atom is 0.352 e. The second-order valence-corrected chi connectivity index (χ2v) is 3.30. The van der Waals surface area contributed by atoms with Crippen LogP contribution in [0.3, 0.4) is 0 Å². The summed E-state index contributed by atoms with van der Waals surface area (Å²) in [7, 11) is 0. The molecule has 0 amide bonds. The third-order valence-electron chi connectivity index (χ3n) is 2.26. The van der Waals surface area contributed by atoms with Crippen molar-refractivity contribution in [3.8, 4) is 0 Å². The maximum absolute atomic E-state index is 10.9. The van der Waals surface area contributed by atoms with Crippen molar-refractivity contribution in [2.45, 2.75) is 6.54 Å². The van der Waals surface area contributed by atoms with E-state index in [1.165, 1.54) is 10.6 Å². The normalized spacial score (nSPS) is 10.5. The SMILES string of the molecule is O=C(O)Cn1c(C(=O)O)cc2c[c]ccc21. The Balaban J connectivity index is 2.69. The van der Waals surface area contributed by atoms with Crippen LogP contribution in [0, 0.1) is 6.07 Å². The molecule has 0 aliphatic carbocycles. The minimum absolute atomic E-state index is 0.0306. The van der Waals surface area contributed by atoms with E-state index in [9.17, 15) is 9.59 Å². The third-order valence-corrected chi connectivity index (χ3v) is 2.26. The van der Waals surface area contributed by atoms with Gasteiger partial charge in [-0.05, 0) is 24.3 Å². The molecule has 5 heteroatoms. The molecule has 0 spiro atoms. The van der Waals surface area contributed by atoms with Crippen LogP contribution in [-0.2, 0) is 11.3 Å². The summed E-state index contributed by atoms with van der Waals surface area (Å²) in [4.78, 5) is 21.6. The molecule has 0 atom stereocenters. The number of benzene rings is 1. The summed E-state index contributed by atoms with van der Waals surface area (Å²) >= 11 is 0. The summed E-state index contributed by atoms with van der Waals surface area (Å²) in [5.74, 6) is -2.22. The Hall–Kier alpha value is -2.30. The molecule has 2 aromatic rings. The quantitative estimate of drug-likeness (QED) is 0.811. The van der Waals surface area contributed by atoms with Crippen molar-refractivity contribution < 1.29 is 19.8 Å². The summed E-state index contributed by atoms with van der Waals surface area (Å²) < 4.78 is 1.26. The predicted octanol–water partition coefficient (Wildman–Crippen LogP) is 1.22. The van der Waals surface area contributed by atoms with Crippen LogP contribution < -0.4 is 0 Å². The number of aliphatic carboxylic acids is 1. The number of hydrogen-bond donors (Lipinski definition) is 2. The van der Waals surface area contributed by atoms with E-state index in [0.717, 1.165) is 0 Å². The smallest absolute Gasteiger partial charge is 0.352 e. The number of fused-ring (bicyclic) bond motifs is 1. The number of hydrogen-bond acceptors (Lipinski definition) is 2. The average Bonchev–Trinajstić information content (AvgIpc) is 2.57. The summed E-state index contributed by atoms with van der Waals surface area (Å²) in [6.07, 6.45) is 0. The van der Waals surface area contributed by atoms with Crippen LogP contribution in [-0.4, -0.2) is 26.7 Å². The van der Waals surface area contributed by atoms with E-state index in [1.54, 1.807) is 18.2 Å². The highest BCUT2D eigenvalue weighted by Gasteiger charge is 2.15. The predicted molar refractivity (Wildman–Crippen MR) is 55.4 cm³/mol. The molecule has 5 nitrogen and oxygen atoms in total. The Labute approximate surface area is 90.5 Å². The molecule has 0 saturated heterocycles. The van der Waals surface area contributed by atoms with Crippen LogP contribution in [0.2, 0.25) is 0 Å². The largest absolute Gasteiger partial charge is 0.480 e. The third kappa shape index (κ3) is 1.63. The molecular weight excluding hydrogens is 210 g/mol. The van der Waals surface area contributed by atoms with Crippen molar-refractivity contribution in [1.82, 2.24) is 4.57 Å². The molecule has 0 saturated carbocycles. The van der Waals surface area contributed by atoms with Gasteiger partial charge in [-0.1, -0.05) is 6.07 Å². The maximum atomic E-state index is 10.9. The number of rotatable bonds is 3. The van der Waals surface area contributed by atoms with Gasteiger partial charge in [-0.25, -0.2) is 4.79 Å². The van der Waals surface area contributed by atoms with E-state index in [0.29, 0.717) is 10.9 Å². The molecule has 0 unspecified atom stereocenters. The molecular formula is C11H8NO4. The zero-order valence-electron chi connectivity index (χ0n) is 8.17. The monoisotopic (exact) mass is 218 g/mol. The first kappa shape index (κ1) is 10.2. The van der Waals surface area contributed by atoms with Gasteiger partial charge in [0.15, 0.2) is 0 Å². The molecule has 1 heterocycles. The van der Waals surface area contributed by atoms with E-state index in [2.05, 4.69) is 6.07 Å². The highest BCUT2D eigenvalue weighted by Crippen LogP contribution is 2.19. The van der Waals surface area contributed by atoms with E-state index in [1.807, 2.05) is 0 Å². The lowest BCUT2D eigenvalue weighted by Gasteiger charge is -2.03. The number of aromatic nitrogens is 1. The first-order valence-corrected chi connectivity index (χ1v) is 4.54. The van der Waals surface area contributed by atoms with Crippen molar-refractivity contribution in [3.05, 3.63) is 36.0 Å². The Kier molecular flexibility index (Phi) is 2.36. The highest BCUT2D eigenvalue weighted by molar-refractivity contribution is 5.95. The Morgan fingerprint density at radius 1 is 1.38 bits per heavy atom. The first-order chi connectivity index (χ1) is 7.59. The zero-order valence-corrected chi connectivity index (χ0v) is 8.17. The number of nitrogens with zero attached hydrogens (tertiary/aromatic N) is 1. The fraction of sp³-hybridized carbons (Fsp3) is 0.0909. The fourth-order valence-electron chi connectivity index (χ4n) is 1.63. The molecule has 0 aliphatic rings. The van der Waals surface area contributed by atoms with Crippen molar-refractivity contribution in [1.29, 1.82) is 0 Å². The van der Waals surface area contributed by atoms with Crippen LogP contribution in [0.15, 0.2) is 24.3 Å². The molecule has 1 aromatic carbocycles. The van der Waals surface area contributed by atoms with Gasteiger partial charge in [0.25, 0.3) is 0 Å². The van der Waals surface area contributed by atoms with Gasteiger partial charge in [0.1, 0.15) is 12.2 Å². The van der Waals surface area contributed by atoms with Crippen molar-refractivity contribution in [2.24, 2.45) is 0 Å². The van der Waals surface area contributed by atoms with Crippen LogP contribution >= 0.6 is 0 Å². The van der Waals surface area contributed by atoms with Gasteiger partial charge in [-0.3, -0.25) is 4.79 Å². The first-order valence-electron chi connectivity index (χ1n) is 4.54. The van der Waals surface area contributed by atoms with Gasteiger partial charge in [0.2, 0.25) is 0 Å². The van der Waals surface area contributed by atoms with E-state index >= 15 is 0 Å². The lowest BCUT2D eigenvalue weighted by molar-refractivity contribution is -0.137. The molecule has 0 fully saturated rings. The molecule has 2 rings (SSSR count). The van der Waals surface area contributed by atoms with Gasteiger partial charge in [-0.15, -0.1) is 0 Å². The lowest BCUT2D eigenvalue weighted by atomic mass is 10.2. The van der Waals surface area contributed by atoms with Gasteiger partial charge >= 0.3 is 11.9 Å². The molecule has 1 aromatic heterocycles. The minimum atomic E-state index is -1.14. The van der Waals surface area contributed by atoms with Crippen molar-refractivity contribution >= 4 is 22.8 Å². The molecule has 0 bridgehead atoms. The molecule has 81 valence electrons. The molecule has 1 radical (unpaired) electrons. The van der Waals surface area contributed by atoms with E-state index < -0.39 is 11.9 Å². The average molecular weight is 218 g/mol. The molecule has 2 N–H and O–H groups in total. The van der Waals surface area contributed by atoms with E-state index in [-0.39, 0.29) is 12.2 Å². The number of carboxylic acid groups (broad SMARTS) is 2. The Morgan fingerprint density at radius 2 is 2.12 bits per heavy atom. The summed E-state index contributed by atoms with van der Waals surface area (Å²) in [6.45, 7) is -0.366. The van der Waals surface area contributed by atoms with Gasteiger partial charge in [0, 0.05) is 10.9 Å². The number of carboxylic acids is 2. The summed E-state index contributed by atoms with van der Waals surface area (Å²) in [6, 6.07) is 9.14. The number of aromatic carboxylic acids is 1. The summed E-state index contributed by atoms with van der Waals surface area (Å²) in [5, 5.41) is 18.4. The van der Waals surface area contributed by atoms with Crippen LogP contribution in [0.4, 0.5) is 0 Å². The van der Waals surface area contributed by atoms with Crippen LogP contribution in [0.1, 0.15) is 10.5 Å². The zero-order chi connectivity index (χ0) is 11.7. The fourth-order valence-corrected chi connectivity index (χ4v) is 1.63.